The topological polar surface area (TPSA) is 107 Å². The molecule has 21 heavy (non-hydrogen) atoms. The summed E-state index contributed by atoms with van der Waals surface area (Å²) in [5.74, 6) is 0.305. The van der Waals surface area contributed by atoms with Crippen LogP contribution < -0.4 is 5.73 Å². The zero-order valence-electron chi connectivity index (χ0n) is 11.7. The van der Waals surface area contributed by atoms with Crippen LogP contribution in [0.1, 0.15) is 19.8 Å². The third kappa shape index (κ3) is 2.73. The molecule has 1 atom stereocenters. The number of esters is 1. The number of hydrogen-bond acceptors (Lipinski definition) is 7. The molecule has 1 aliphatic carbocycles. The maximum absolute atomic E-state index is 12.2. The summed E-state index contributed by atoms with van der Waals surface area (Å²) in [5, 5.41) is 0.747. The molecule has 7 nitrogen and oxygen atoms in total. The number of nitrogens with one attached hydrogen (secondary N) is 1. The lowest BCUT2D eigenvalue weighted by Crippen LogP contribution is -2.53. The molecule has 0 spiro atoms. The Morgan fingerprint density at radius 1 is 1.52 bits per heavy atom. The summed E-state index contributed by atoms with van der Waals surface area (Å²) in [6.45, 7) is 2.13. The molecule has 3 rings (SSSR count). The number of imidazole rings is 1. The smallest absolute Gasteiger partial charge is 0.327 e. The Kier molecular flexibility index (Phi) is 3.81. The maximum atomic E-state index is 12.2. The number of carbonyl (C=O) groups excluding carboxylic acids is 1. The highest BCUT2D eigenvalue weighted by molar-refractivity contribution is 7.99. The van der Waals surface area contributed by atoms with Gasteiger partial charge in [0.2, 0.25) is 0 Å². The number of rotatable bonds is 6. The van der Waals surface area contributed by atoms with E-state index in [9.17, 15) is 4.79 Å². The van der Waals surface area contributed by atoms with Crippen molar-refractivity contribution in [3.8, 4) is 0 Å². The predicted molar refractivity (Wildman–Crippen MR) is 78.7 cm³/mol. The minimum Gasteiger partial charge on any atom is -0.465 e. The molecule has 0 amide bonds. The molecule has 112 valence electrons. The number of fused-ring (bicyclic) bond motifs is 1. The van der Waals surface area contributed by atoms with Crippen LogP contribution in [0.2, 0.25) is 0 Å². The first-order chi connectivity index (χ1) is 10.1. The van der Waals surface area contributed by atoms with Crippen molar-refractivity contribution in [2.45, 2.75) is 30.3 Å². The van der Waals surface area contributed by atoms with Crippen LogP contribution in [0.4, 0.5) is 0 Å². The van der Waals surface area contributed by atoms with E-state index in [-0.39, 0.29) is 11.9 Å². The van der Waals surface area contributed by atoms with Gasteiger partial charge in [-0.3, -0.25) is 4.79 Å². The maximum Gasteiger partial charge on any atom is 0.327 e. The van der Waals surface area contributed by atoms with Crippen molar-refractivity contribution < 1.29 is 9.53 Å². The van der Waals surface area contributed by atoms with Gasteiger partial charge in [-0.15, -0.1) is 11.8 Å². The third-order valence-corrected chi connectivity index (χ3v) is 4.80. The fraction of sp³-hybridized carbons (Fsp3) is 0.538. The second kappa shape index (κ2) is 5.61. The summed E-state index contributed by atoms with van der Waals surface area (Å²) in [6, 6.07) is 0. The van der Waals surface area contributed by atoms with Crippen LogP contribution in [0.15, 0.2) is 17.7 Å². The van der Waals surface area contributed by atoms with Crippen molar-refractivity contribution in [3.05, 3.63) is 12.7 Å². The highest BCUT2D eigenvalue weighted by Gasteiger charge is 2.49. The number of H-pyrrole nitrogens is 1. The van der Waals surface area contributed by atoms with Crippen LogP contribution in [0, 0.1) is 5.92 Å². The number of nitrogens with zero attached hydrogens (tertiary/aromatic N) is 3. The molecule has 0 radical (unpaired) electrons. The lowest BCUT2D eigenvalue weighted by atomic mass is 9.97. The predicted octanol–water partition coefficient (Wildman–Crippen LogP) is 1.12. The van der Waals surface area contributed by atoms with Crippen molar-refractivity contribution in [1.82, 2.24) is 19.9 Å². The number of ether oxygens (including phenoxy) is 1. The molecular weight excluding hydrogens is 290 g/mol. The van der Waals surface area contributed by atoms with Crippen LogP contribution in [0.3, 0.4) is 0 Å². The van der Waals surface area contributed by atoms with Gasteiger partial charge >= 0.3 is 5.97 Å². The number of carbonyl (C=O) groups is 1. The van der Waals surface area contributed by atoms with E-state index in [1.165, 1.54) is 18.1 Å². The van der Waals surface area contributed by atoms with Crippen molar-refractivity contribution >= 4 is 28.9 Å². The van der Waals surface area contributed by atoms with Crippen molar-refractivity contribution in [2.24, 2.45) is 11.7 Å². The minimum atomic E-state index is -0.946. The Labute approximate surface area is 126 Å². The first-order valence-corrected chi connectivity index (χ1v) is 7.86. The zero-order valence-corrected chi connectivity index (χ0v) is 12.5. The Bertz CT molecular complexity index is 657. The van der Waals surface area contributed by atoms with Crippen LogP contribution in [-0.2, 0) is 9.53 Å². The largest absolute Gasteiger partial charge is 0.465 e. The molecule has 1 fully saturated rings. The van der Waals surface area contributed by atoms with Gasteiger partial charge in [0.25, 0.3) is 0 Å². The van der Waals surface area contributed by atoms with E-state index in [4.69, 9.17) is 10.5 Å². The molecule has 0 aromatic carbocycles. The molecule has 2 heterocycles. The number of aromatic amines is 1. The first-order valence-electron chi connectivity index (χ1n) is 6.88. The van der Waals surface area contributed by atoms with Crippen LogP contribution in [-0.4, -0.2) is 43.8 Å². The van der Waals surface area contributed by atoms with E-state index in [1.54, 1.807) is 13.3 Å². The zero-order chi connectivity index (χ0) is 14.9. The van der Waals surface area contributed by atoms with Crippen LogP contribution in [0.5, 0.6) is 0 Å². The standard InChI is InChI=1S/C13H17N5O2S/c1-2-20-12(19)13(14,8-3-4-8)5-21-11-9-10(16-6-15-9)17-7-18-11/h6-8H,2-5,14H2,1H3,(H,15,16,17,18). The average Bonchev–Trinajstić information content (AvgIpc) is 3.23. The van der Waals surface area contributed by atoms with E-state index in [0.717, 1.165) is 23.4 Å². The van der Waals surface area contributed by atoms with Crippen molar-refractivity contribution in [3.63, 3.8) is 0 Å². The van der Waals surface area contributed by atoms with Crippen LogP contribution in [0.25, 0.3) is 11.2 Å². The van der Waals surface area contributed by atoms with Crippen LogP contribution >= 0.6 is 11.8 Å². The van der Waals surface area contributed by atoms with Gasteiger partial charge in [-0.1, -0.05) is 0 Å². The van der Waals surface area contributed by atoms with Gasteiger partial charge in [-0.2, -0.15) is 0 Å². The second-order valence-corrected chi connectivity index (χ2v) is 6.07. The van der Waals surface area contributed by atoms with Gasteiger partial charge in [0.1, 0.15) is 22.4 Å². The molecule has 2 aromatic heterocycles. The Balaban J connectivity index is 1.78. The van der Waals surface area contributed by atoms with E-state index >= 15 is 0 Å². The number of aromatic nitrogens is 4. The number of thioether (sulfide) groups is 1. The average molecular weight is 307 g/mol. The summed E-state index contributed by atoms with van der Waals surface area (Å²) in [4.78, 5) is 27.6. The fourth-order valence-corrected chi connectivity index (χ4v) is 3.39. The van der Waals surface area contributed by atoms with Gasteiger partial charge in [0.05, 0.1) is 12.9 Å². The Morgan fingerprint density at radius 2 is 2.33 bits per heavy atom. The first kappa shape index (κ1) is 14.3. The van der Waals surface area contributed by atoms with Gasteiger partial charge in [-0.05, 0) is 25.7 Å². The highest BCUT2D eigenvalue weighted by atomic mass is 32.2. The highest BCUT2D eigenvalue weighted by Crippen LogP contribution is 2.41. The van der Waals surface area contributed by atoms with Gasteiger partial charge < -0.3 is 15.5 Å². The molecule has 2 aromatic rings. The molecule has 0 aliphatic heterocycles. The minimum absolute atomic E-state index is 0.197. The van der Waals surface area contributed by atoms with Gasteiger partial charge in [-0.25, -0.2) is 15.0 Å². The molecule has 0 saturated heterocycles. The quantitative estimate of drug-likeness (QED) is 0.468. The SMILES string of the molecule is CCOC(=O)C(N)(CSc1ncnc2nc[nH]c12)C1CC1. The molecular formula is C13H17N5O2S. The summed E-state index contributed by atoms with van der Waals surface area (Å²) in [5.41, 5.74) is 6.77. The van der Waals surface area contributed by atoms with Crippen molar-refractivity contribution in [1.29, 1.82) is 0 Å². The monoisotopic (exact) mass is 307 g/mol. The van der Waals surface area contributed by atoms with Crippen molar-refractivity contribution in [2.75, 3.05) is 12.4 Å². The molecule has 0 bridgehead atoms. The molecule has 3 N–H and O–H groups in total. The summed E-state index contributed by atoms with van der Waals surface area (Å²) < 4.78 is 5.14. The van der Waals surface area contributed by atoms with E-state index in [1.807, 2.05) is 0 Å². The summed E-state index contributed by atoms with van der Waals surface area (Å²) in [6.07, 6.45) is 4.98. The lowest BCUT2D eigenvalue weighted by molar-refractivity contribution is -0.149. The summed E-state index contributed by atoms with van der Waals surface area (Å²) in [7, 11) is 0. The van der Waals surface area contributed by atoms with E-state index in [0.29, 0.717) is 18.0 Å². The Morgan fingerprint density at radius 3 is 3.05 bits per heavy atom. The van der Waals surface area contributed by atoms with E-state index < -0.39 is 5.54 Å². The molecule has 8 heteroatoms. The van der Waals surface area contributed by atoms with Gasteiger partial charge in [0.15, 0.2) is 5.65 Å². The number of hydrogen-bond donors (Lipinski definition) is 2. The fourth-order valence-electron chi connectivity index (χ4n) is 2.25. The molecule has 1 unspecified atom stereocenters. The van der Waals surface area contributed by atoms with Gasteiger partial charge in [0, 0.05) is 5.75 Å². The normalized spacial score (nSPS) is 17.6. The summed E-state index contributed by atoms with van der Waals surface area (Å²) >= 11 is 1.44. The lowest BCUT2D eigenvalue weighted by Gasteiger charge is -2.26. The molecule has 1 saturated carbocycles. The Hall–Kier alpha value is -1.67. The third-order valence-electron chi connectivity index (χ3n) is 3.60. The molecule has 1 aliphatic rings. The second-order valence-electron chi connectivity index (χ2n) is 5.10. The number of nitrogens with two attached hydrogens (primary N) is 1. The van der Waals surface area contributed by atoms with E-state index in [2.05, 4.69) is 19.9 Å².